The van der Waals surface area contributed by atoms with Crippen molar-refractivity contribution in [3.63, 3.8) is 0 Å². The van der Waals surface area contributed by atoms with Crippen LogP contribution in [0.4, 0.5) is 0 Å². The second-order valence-corrected chi connectivity index (χ2v) is 3.36. The molecule has 0 aliphatic heterocycles. The van der Waals surface area contributed by atoms with E-state index in [1.165, 1.54) is 24.8 Å². The molecule has 0 nitrogen and oxygen atoms in total. The maximum Gasteiger partial charge on any atom is -0.0277 e. The first kappa shape index (κ1) is 26.1. The Bertz CT molecular complexity index is 163. The third kappa shape index (κ3) is 15.5. The lowest BCUT2D eigenvalue weighted by molar-refractivity contribution is 0.501. The minimum Gasteiger partial charge on any atom is -0.0988 e. The number of hydrogen-bond donors (Lipinski definition) is 0. The van der Waals surface area contributed by atoms with E-state index in [1.54, 1.807) is 5.57 Å². The fourth-order valence-electron chi connectivity index (χ4n) is 1.65. The standard InChI is InChI=1S/C10H16.4C2H6/c1-4-10-6-5-8(2)7-9(10)3;4*1-2/h4,8H,1,5-7H2,2-3H3;4*1-2H3. The first-order valence-electron chi connectivity index (χ1n) is 8.05. The van der Waals surface area contributed by atoms with Crippen LogP contribution in [0.25, 0.3) is 0 Å². The van der Waals surface area contributed by atoms with Crippen LogP contribution in [0.1, 0.15) is 88.5 Å². The van der Waals surface area contributed by atoms with E-state index in [0.29, 0.717) is 0 Å². The Morgan fingerprint density at radius 2 is 1.33 bits per heavy atom. The highest BCUT2D eigenvalue weighted by molar-refractivity contribution is 5.25. The molecule has 0 N–H and O–H groups in total. The molecule has 0 aromatic carbocycles. The van der Waals surface area contributed by atoms with Gasteiger partial charge in [0, 0.05) is 0 Å². The first-order chi connectivity index (χ1) is 8.74. The van der Waals surface area contributed by atoms with E-state index in [2.05, 4.69) is 20.4 Å². The van der Waals surface area contributed by atoms with Crippen LogP contribution in [0, 0.1) is 5.92 Å². The number of rotatable bonds is 1. The molecular formula is C18H40. The first-order valence-corrected chi connectivity index (χ1v) is 8.05. The SMILES string of the molecule is C=CC1=C(C)CC(C)CC1.CC.CC.CC.CC. The molecule has 0 aromatic heterocycles. The summed E-state index contributed by atoms with van der Waals surface area (Å²) in [6, 6.07) is 0. The van der Waals surface area contributed by atoms with Gasteiger partial charge in [-0.1, -0.05) is 80.5 Å². The molecule has 0 bridgehead atoms. The zero-order valence-electron chi connectivity index (χ0n) is 15.0. The fraction of sp³-hybridized carbons (Fsp3) is 0.778. The molecule has 0 radical (unpaired) electrons. The van der Waals surface area contributed by atoms with Gasteiger partial charge in [-0.2, -0.15) is 0 Å². The summed E-state index contributed by atoms with van der Waals surface area (Å²) in [5.41, 5.74) is 3.03. The summed E-state index contributed by atoms with van der Waals surface area (Å²) in [5, 5.41) is 0. The van der Waals surface area contributed by atoms with Crippen LogP contribution in [-0.4, -0.2) is 0 Å². The molecule has 0 spiro atoms. The molecule has 0 saturated heterocycles. The van der Waals surface area contributed by atoms with Gasteiger partial charge in [0.05, 0.1) is 0 Å². The minimum atomic E-state index is 0.892. The Balaban J connectivity index is -0.000000105. The molecule has 0 aromatic rings. The Kier molecular flexibility index (Phi) is 36.8. The lowest BCUT2D eigenvalue weighted by atomic mass is 9.86. The summed E-state index contributed by atoms with van der Waals surface area (Å²) in [5.74, 6) is 0.892. The van der Waals surface area contributed by atoms with Gasteiger partial charge in [0.15, 0.2) is 0 Å². The molecule has 0 heteroatoms. The zero-order chi connectivity index (χ0) is 15.6. The molecule has 1 atom stereocenters. The van der Waals surface area contributed by atoms with Crippen molar-refractivity contribution in [1.29, 1.82) is 0 Å². The third-order valence-corrected chi connectivity index (χ3v) is 2.36. The van der Waals surface area contributed by atoms with Gasteiger partial charge in [-0.15, -0.1) is 0 Å². The summed E-state index contributed by atoms with van der Waals surface area (Å²) >= 11 is 0. The second-order valence-electron chi connectivity index (χ2n) is 3.36. The second kappa shape index (κ2) is 25.4. The molecule has 112 valence electrons. The van der Waals surface area contributed by atoms with Crippen molar-refractivity contribution in [3.8, 4) is 0 Å². The summed E-state index contributed by atoms with van der Waals surface area (Å²) < 4.78 is 0. The lowest BCUT2D eigenvalue weighted by Gasteiger charge is -2.20. The largest absolute Gasteiger partial charge is 0.0988 e. The van der Waals surface area contributed by atoms with Gasteiger partial charge >= 0.3 is 0 Å². The van der Waals surface area contributed by atoms with E-state index in [4.69, 9.17) is 0 Å². The van der Waals surface area contributed by atoms with E-state index in [-0.39, 0.29) is 0 Å². The van der Waals surface area contributed by atoms with Crippen LogP contribution in [-0.2, 0) is 0 Å². The Morgan fingerprint density at radius 1 is 0.944 bits per heavy atom. The third-order valence-electron chi connectivity index (χ3n) is 2.36. The molecular weight excluding hydrogens is 216 g/mol. The van der Waals surface area contributed by atoms with Crippen molar-refractivity contribution < 1.29 is 0 Å². The Hall–Kier alpha value is -0.520. The highest BCUT2D eigenvalue weighted by Gasteiger charge is 2.11. The van der Waals surface area contributed by atoms with E-state index < -0.39 is 0 Å². The van der Waals surface area contributed by atoms with Crippen molar-refractivity contribution >= 4 is 0 Å². The van der Waals surface area contributed by atoms with E-state index >= 15 is 0 Å². The highest BCUT2D eigenvalue weighted by atomic mass is 14.2. The molecule has 0 amide bonds. The summed E-state index contributed by atoms with van der Waals surface area (Å²) in [7, 11) is 0. The molecule has 1 aliphatic carbocycles. The van der Waals surface area contributed by atoms with Gasteiger partial charge in [0.2, 0.25) is 0 Å². The van der Waals surface area contributed by atoms with Crippen LogP contribution in [0.3, 0.4) is 0 Å². The van der Waals surface area contributed by atoms with E-state index in [1.807, 2.05) is 61.5 Å². The van der Waals surface area contributed by atoms with Gasteiger partial charge in [0.1, 0.15) is 0 Å². The van der Waals surface area contributed by atoms with Crippen molar-refractivity contribution in [2.24, 2.45) is 5.92 Å². The van der Waals surface area contributed by atoms with Crippen LogP contribution in [0.2, 0.25) is 0 Å². The summed E-state index contributed by atoms with van der Waals surface area (Å²) in [4.78, 5) is 0. The minimum absolute atomic E-state index is 0.892. The van der Waals surface area contributed by atoms with Crippen molar-refractivity contribution in [3.05, 3.63) is 23.8 Å². The molecule has 0 heterocycles. The smallest absolute Gasteiger partial charge is 0.0277 e. The van der Waals surface area contributed by atoms with Crippen molar-refractivity contribution in [1.82, 2.24) is 0 Å². The fourth-order valence-corrected chi connectivity index (χ4v) is 1.65. The molecule has 1 rings (SSSR count). The maximum absolute atomic E-state index is 3.80. The summed E-state index contributed by atoms with van der Waals surface area (Å²) in [6.45, 7) is 24.4. The predicted molar refractivity (Wildman–Crippen MR) is 91.3 cm³/mol. The molecule has 1 unspecified atom stereocenters. The van der Waals surface area contributed by atoms with Crippen LogP contribution >= 0.6 is 0 Å². The van der Waals surface area contributed by atoms with Gasteiger partial charge in [-0.05, 0) is 37.7 Å². The Morgan fingerprint density at radius 3 is 1.61 bits per heavy atom. The predicted octanol–water partition coefficient (Wildman–Crippen LogP) is 7.41. The van der Waals surface area contributed by atoms with Crippen LogP contribution < -0.4 is 0 Å². The van der Waals surface area contributed by atoms with Gasteiger partial charge < -0.3 is 0 Å². The van der Waals surface area contributed by atoms with Gasteiger partial charge in [-0.3, -0.25) is 0 Å². The van der Waals surface area contributed by atoms with E-state index in [9.17, 15) is 0 Å². The van der Waals surface area contributed by atoms with E-state index in [0.717, 1.165) is 5.92 Å². The average molecular weight is 257 g/mol. The lowest BCUT2D eigenvalue weighted by Crippen LogP contribution is -2.04. The average Bonchev–Trinajstić information content (AvgIpc) is 2.48. The highest BCUT2D eigenvalue weighted by Crippen LogP contribution is 2.28. The van der Waals surface area contributed by atoms with Crippen LogP contribution in [0.15, 0.2) is 23.8 Å². The summed E-state index contributed by atoms with van der Waals surface area (Å²) in [6.07, 6.45) is 5.89. The van der Waals surface area contributed by atoms with Gasteiger partial charge in [-0.25, -0.2) is 0 Å². The molecule has 0 fully saturated rings. The van der Waals surface area contributed by atoms with Gasteiger partial charge in [0.25, 0.3) is 0 Å². The quantitative estimate of drug-likeness (QED) is 0.458. The molecule has 1 aliphatic rings. The normalized spacial score (nSPS) is 16.2. The number of allylic oxidation sites excluding steroid dienone is 3. The monoisotopic (exact) mass is 256 g/mol. The molecule has 18 heavy (non-hydrogen) atoms. The van der Waals surface area contributed by atoms with Crippen LogP contribution in [0.5, 0.6) is 0 Å². The van der Waals surface area contributed by atoms with Crippen molar-refractivity contribution in [2.75, 3.05) is 0 Å². The topological polar surface area (TPSA) is 0 Å². The zero-order valence-corrected chi connectivity index (χ0v) is 15.0. The number of hydrogen-bond acceptors (Lipinski definition) is 0. The van der Waals surface area contributed by atoms with Crippen molar-refractivity contribution in [2.45, 2.75) is 88.5 Å². The molecule has 0 saturated carbocycles. The maximum atomic E-state index is 3.80. The Labute approximate surface area is 119 Å².